The normalized spacial score (nSPS) is 15.2. The van der Waals surface area contributed by atoms with Gasteiger partial charge < -0.3 is 13.9 Å². The van der Waals surface area contributed by atoms with Crippen LogP contribution in [-0.4, -0.2) is 23.6 Å². The number of fused-ring (bicyclic) bond motifs is 1. The van der Waals surface area contributed by atoms with Crippen molar-refractivity contribution in [2.45, 2.75) is 19.9 Å². The molecular weight excluding hydrogens is 492 g/mol. The molecule has 2 aromatic carbocycles. The number of methoxy groups -OCH3 is 1. The van der Waals surface area contributed by atoms with E-state index < -0.39 is 18.0 Å². The highest BCUT2D eigenvalue weighted by Gasteiger charge is 2.33. The maximum absolute atomic E-state index is 13.6. The van der Waals surface area contributed by atoms with E-state index in [9.17, 15) is 14.4 Å². The Morgan fingerprint density at radius 3 is 2.41 bits per heavy atom. The summed E-state index contributed by atoms with van der Waals surface area (Å²) in [6.45, 7) is 3.72. The first kappa shape index (κ1) is 24.2. The number of hydrogen-bond donors (Lipinski definition) is 0. The number of aromatic nitrogens is 1. The predicted molar refractivity (Wildman–Crippen MR) is 137 cm³/mol. The zero-order valence-corrected chi connectivity index (χ0v) is 21.1. The van der Waals surface area contributed by atoms with Gasteiger partial charge in [-0.3, -0.25) is 9.36 Å². The Balaban J connectivity index is 1.58. The van der Waals surface area contributed by atoms with E-state index >= 15 is 0 Å². The topological polar surface area (TPSA) is 100 Å². The molecule has 1 aliphatic heterocycles. The summed E-state index contributed by atoms with van der Waals surface area (Å²) in [6.07, 6.45) is 3.20. The lowest BCUT2D eigenvalue weighted by atomic mass is 9.96. The molecule has 0 spiro atoms. The molecule has 0 radical (unpaired) electrons. The van der Waals surface area contributed by atoms with Crippen molar-refractivity contribution >= 4 is 29.4 Å². The molecule has 1 atom stereocenters. The van der Waals surface area contributed by atoms with Crippen molar-refractivity contribution in [3.05, 3.63) is 120 Å². The van der Waals surface area contributed by atoms with Gasteiger partial charge in [-0.05, 0) is 55.3 Å². The van der Waals surface area contributed by atoms with Crippen molar-refractivity contribution in [3.63, 3.8) is 0 Å². The molecule has 5 rings (SSSR count). The lowest BCUT2D eigenvalue weighted by Gasteiger charge is -2.24. The molecule has 37 heavy (non-hydrogen) atoms. The third kappa shape index (κ3) is 4.68. The largest absolute Gasteiger partial charge is 0.466 e. The minimum atomic E-state index is -0.765. The molecule has 0 saturated heterocycles. The lowest BCUT2D eigenvalue weighted by Crippen LogP contribution is -2.39. The molecule has 2 aromatic heterocycles. The SMILES string of the molecule is COC(=O)C1=C(C)N=c2s/c(=C/c3ccc(C)cc3)c(=O)n2C1c1ccc(OC(=O)c2ccco2)cc1. The van der Waals surface area contributed by atoms with Gasteiger partial charge in [0.2, 0.25) is 5.76 Å². The number of rotatable bonds is 5. The second-order valence-electron chi connectivity index (χ2n) is 8.42. The number of benzene rings is 2. The quantitative estimate of drug-likeness (QED) is 0.298. The van der Waals surface area contributed by atoms with Gasteiger partial charge in [-0.25, -0.2) is 14.6 Å². The number of allylic oxidation sites excluding steroid dienone is 1. The van der Waals surface area contributed by atoms with E-state index in [0.717, 1.165) is 11.1 Å². The zero-order valence-electron chi connectivity index (χ0n) is 20.3. The number of thiazole rings is 1. The Bertz CT molecular complexity index is 1690. The van der Waals surface area contributed by atoms with E-state index in [-0.39, 0.29) is 22.6 Å². The van der Waals surface area contributed by atoms with Crippen molar-refractivity contribution in [2.75, 3.05) is 7.11 Å². The van der Waals surface area contributed by atoms with Gasteiger partial charge in [0.25, 0.3) is 5.56 Å². The Morgan fingerprint density at radius 2 is 1.76 bits per heavy atom. The first-order valence-corrected chi connectivity index (χ1v) is 12.2. The number of nitrogens with zero attached hydrogens (tertiary/aromatic N) is 2. The minimum Gasteiger partial charge on any atom is -0.466 e. The number of ether oxygens (including phenoxy) is 2. The van der Waals surface area contributed by atoms with Gasteiger partial charge in [0, 0.05) is 0 Å². The molecule has 8 nitrogen and oxygen atoms in total. The molecule has 0 amide bonds. The third-order valence-electron chi connectivity index (χ3n) is 5.93. The fraction of sp³-hybridized carbons (Fsp3) is 0.143. The molecule has 0 bridgehead atoms. The van der Waals surface area contributed by atoms with Gasteiger partial charge in [-0.15, -0.1) is 0 Å². The van der Waals surface area contributed by atoms with E-state index in [0.29, 0.717) is 20.6 Å². The first-order valence-electron chi connectivity index (χ1n) is 11.4. The summed E-state index contributed by atoms with van der Waals surface area (Å²) in [5.41, 5.74) is 3.10. The number of carbonyl (C=O) groups is 2. The minimum absolute atomic E-state index is 0.0799. The number of esters is 2. The third-order valence-corrected chi connectivity index (χ3v) is 6.91. The fourth-order valence-electron chi connectivity index (χ4n) is 4.09. The van der Waals surface area contributed by atoms with Gasteiger partial charge in [0.15, 0.2) is 4.80 Å². The van der Waals surface area contributed by atoms with Gasteiger partial charge in [-0.1, -0.05) is 53.3 Å². The summed E-state index contributed by atoms with van der Waals surface area (Å²) in [5, 5.41) is 0. The Labute approximate surface area is 215 Å². The lowest BCUT2D eigenvalue weighted by molar-refractivity contribution is -0.136. The standard InChI is InChI=1S/C28H22N2O6S/c1-16-6-8-18(9-7-16)15-22-25(31)30-24(23(27(33)34-3)17(2)29-28(30)37-22)19-10-12-20(13-11-19)36-26(32)21-5-4-14-35-21/h4-15,24H,1-3H3/b22-15+. The number of carbonyl (C=O) groups excluding carboxylic acids is 2. The van der Waals surface area contributed by atoms with E-state index in [1.807, 2.05) is 37.3 Å². The van der Waals surface area contributed by atoms with Crippen molar-refractivity contribution in [2.24, 2.45) is 4.99 Å². The Morgan fingerprint density at radius 1 is 1.03 bits per heavy atom. The van der Waals surface area contributed by atoms with Gasteiger partial charge >= 0.3 is 11.9 Å². The van der Waals surface area contributed by atoms with Crippen LogP contribution in [-0.2, 0) is 9.53 Å². The summed E-state index contributed by atoms with van der Waals surface area (Å²) in [4.78, 5) is 43.7. The molecule has 1 aliphatic rings. The molecular formula is C28H22N2O6S. The summed E-state index contributed by atoms with van der Waals surface area (Å²) in [6, 6.07) is 16.8. The van der Waals surface area contributed by atoms with Crippen LogP contribution in [0.4, 0.5) is 0 Å². The van der Waals surface area contributed by atoms with Crippen LogP contribution in [0.5, 0.6) is 5.75 Å². The highest BCUT2D eigenvalue weighted by atomic mass is 32.1. The second kappa shape index (κ2) is 9.87. The van der Waals surface area contributed by atoms with Crippen LogP contribution in [0.1, 0.15) is 40.2 Å². The summed E-state index contributed by atoms with van der Waals surface area (Å²) in [5.74, 6) is -0.839. The number of aryl methyl sites for hydroxylation is 1. The summed E-state index contributed by atoms with van der Waals surface area (Å²) >= 11 is 1.26. The predicted octanol–water partition coefficient (Wildman–Crippen LogP) is 3.53. The number of hydrogen-bond acceptors (Lipinski definition) is 8. The average molecular weight is 515 g/mol. The monoisotopic (exact) mass is 514 g/mol. The van der Waals surface area contributed by atoms with E-state index in [4.69, 9.17) is 13.9 Å². The van der Waals surface area contributed by atoms with Gasteiger partial charge in [0.1, 0.15) is 5.75 Å². The zero-order chi connectivity index (χ0) is 26.1. The molecule has 0 fully saturated rings. The molecule has 0 aliphatic carbocycles. The highest BCUT2D eigenvalue weighted by Crippen LogP contribution is 2.31. The molecule has 4 aromatic rings. The van der Waals surface area contributed by atoms with Crippen LogP contribution in [0, 0.1) is 6.92 Å². The van der Waals surface area contributed by atoms with Gasteiger partial charge in [-0.2, -0.15) is 0 Å². The maximum atomic E-state index is 13.6. The van der Waals surface area contributed by atoms with E-state index in [1.54, 1.807) is 37.3 Å². The van der Waals surface area contributed by atoms with Crippen molar-refractivity contribution in [1.29, 1.82) is 0 Å². The number of furan rings is 1. The first-order chi connectivity index (χ1) is 17.9. The summed E-state index contributed by atoms with van der Waals surface area (Å²) in [7, 11) is 1.29. The molecule has 186 valence electrons. The molecule has 1 unspecified atom stereocenters. The van der Waals surface area contributed by atoms with E-state index in [1.165, 1.54) is 35.3 Å². The van der Waals surface area contributed by atoms with Crippen molar-refractivity contribution in [3.8, 4) is 5.75 Å². The molecule has 0 N–H and O–H groups in total. The highest BCUT2D eigenvalue weighted by molar-refractivity contribution is 7.07. The smallest absolute Gasteiger partial charge is 0.379 e. The second-order valence-corrected chi connectivity index (χ2v) is 9.43. The van der Waals surface area contributed by atoms with Crippen LogP contribution in [0.15, 0.2) is 92.4 Å². The summed E-state index contributed by atoms with van der Waals surface area (Å²) < 4.78 is 17.5. The van der Waals surface area contributed by atoms with Crippen LogP contribution in [0.3, 0.4) is 0 Å². The Hall–Kier alpha value is -4.50. The van der Waals surface area contributed by atoms with Crippen LogP contribution >= 0.6 is 11.3 Å². The average Bonchev–Trinajstić information content (AvgIpc) is 3.54. The molecule has 9 heteroatoms. The molecule has 3 heterocycles. The van der Waals surface area contributed by atoms with E-state index in [2.05, 4.69) is 4.99 Å². The van der Waals surface area contributed by atoms with Crippen LogP contribution < -0.4 is 19.6 Å². The van der Waals surface area contributed by atoms with Gasteiger partial charge in [0.05, 0.1) is 35.2 Å². The Kier molecular flexibility index (Phi) is 6.45. The fourth-order valence-corrected chi connectivity index (χ4v) is 5.14. The van der Waals surface area contributed by atoms with Crippen LogP contribution in [0.25, 0.3) is 6.08 Å². The maximum Gasteiger partial charge on any atom is 0.379 e. The van der Waals surface area contributed by atoms with Crippen molar-refractivity contribution < 1.29 is 23.5 Å². The van der Waals surface area contributed by atoms with Crippen LogP contribution in [0.2, 0.25) is 0 Å². The van der Waals surface area contributed by atoms with Crippen molar-refractivity contribution in [1.82, 2.24) is 4.57 Å². The molecule has 0 saturated carbocycles.